The van der Waals surface area contributed by atoms with Crippen LogP contribution in [0.1, 0.15) is 10.4 Å². The van der Waals surface area contributed by atoms with E-state index in [9.17, 15) is 9.59 Å². The highest BCUT2D eigenvalue weighted by atomic mass is 16.4. The molecule has 0 saturated heterocycles. The van der Waals surface area contributed by atoms with Crippen molar-refractivity contribution < 1.29 is 15.0 Å². The number of pyridine rings is 1. The molecule has 84 valence electrons. The zero-order valence-electron chi connectivity index (χ0n) is 8.20. The van der Waals surface area contributed by atoms with Gasteiger partial charge in [0.05, 0.1) is 18.7 Å². The van der Waals surface area contributed by atoms with Crippen molar-refractivity contribution in [1.82, 2.24) is 14.2 Å². The number of aliphatic hydroxyl groups excluding tert-OH is 1. The molecule has 2 heterocycles. The summed E-state index contributed by atoms with van der Waals surface area (Å²) < 4.78 is 2.22. The Hall–Kier alpha value is -2.15. The van der Waals surface area contributed by atoms with E-state index in [0.29, 0.717) is 5.65 Å². The van der Waals surface area contributed by atoms with Crippen LogP contribution in [0.2, 0.25) is 0 Å². The Labute approximate surface area is 89.2 Å². The highest BCUT2D eigenvalue weighted by molar-refractivity contribution is 5.87. The molecule has 2 rings (SSSR count). The normalized spacial score (nSPS) is 10.8. The lowest BCUT2D eigenvalue weighted by Crippen LogP contribution is -2.22. The molecule has 7 nitrogen and oxygen atoms in total. The number of hydrogen-bond acceptors (Lipinski definition) is 4. The van der Waals surface area contributed by atoms with E-state index in [1.807, 2.05) is 0 Å². The van der Waals surface area contributed by atoms with Crippen LogP contribution in [0.15, 0.2) is 23.1 Å². The van der Waals surface area contributed by atoms with Crippen molar-refractivity contribution in [3.63, 3.8) is 0 Å². The molecule has 0 saturated carbocycles. The molecule has 0 atom stereocenters. The van der Waals surface area contributed by atoms with E-state index < -0.39 is 11.7 Å². The van der Waals surface area contributed by atoms with E-state index in [2.05, 4.69) is 5.10 Å². The molecule has 7 heteroatoms. The lowest BCUT2D eigenvalue weighted by molar-refractivity contribution is 0.0696. The smallest absolute Gasteiger partial charge is 0.350 e. The predicted octanol–water partition coefficient (Wildman–Crippen LogP) is -0.814. The van der Waals surface area contributed by atoms with Crippen LogP contribution in [0.5, 0.6) is 0 Å². The van der Waals surface area contributed by atoms with Crippen LogP contribution >= 0.6 is 0 Å². The third-order valence-electron chi connectivity index (χ3n) is 2.14. The van der Waals surface area contributed by atoms with Crippen LogP contribution in [0.3, 0.4) is 0 Å². The van der Waals surface area contributed by atoms with Crippen LogP contribution < -0.4 is 5.69 Å². The Morgan fingerprint density at radius 2 is 2.19 bits per heavy atom. The number of nitrogens with zero attached hydrogens (tertiary/aromatic N) is 3. The van der Waals surface area contributed by atoms with Gasteiger partial charge in [0, 0.05) is 6.20 Å². The van der Waals surface area contributed by atoms with E-state index in [1.54, 1.807) is 0 Å². The molecule has 0 aromatic carbocycles. The van der Waals surface area contributed by atoms with Gasteiger partial charge in [-0.2, -0.15) is 0 Å². The number of carbonyl (C=O) groups is 1. The SMILES string of the molecule is O=C(O)c1ccc2nn(CCO)c(=O)n2c1. The number of fused-ring (bicyclic) bond motifs is 1. The van der Waals surface area contributed by atoms with E-state index in [-0.39, 0.29) is 18.7 Å². The fourth-order valence-corrected chi connectivity index (χ4v) is 1.39. The Kier molecular flexibility index (Phi) is 2.45. The molecule has 0 amide bonds. The molecular weight excluding hydrogens is 214 g/mol. The number of hydrogen-bond donors (Lipinski definition) is 2. The Bertz CT molecular complexity index is 598. The molecule has 2 aromatic heterocycles. The molecule has 0 aliphatic rings. The standard InChI is InChI=1S/C9H9N3O4/c13-4-3-12-9(16)11-5-6(8(14)15)1-2-7(11)10-12/h1-2,5,13H,3-4H2,(H,14,15). The van der Waals surface area contributed by atoms with Gasteiger partial charge >= 0.3 is 11.7 Å². The van der Waals surface area contributed by atoms with Crippen LogP contribution in [0, 0.1) is 0 Å². The minimum Gasteiger partial charge on any atom is -0.478 e. The van der Waals surface area contributed by atoms with Crippen molar-refractivity contribution in [2.75, 3.05) is 6.61 Å². The molecule has 16 heavy (non-hydrogen) atoms. The van der Waals surface area contributed by atoms with Gasteiger partial charge in [-0.3, -0.25) is 0 Å². The average Bonchev–Trinajstić information content (AvgIpc) is 2.56. The first kappa shape index (κ1) is 10.4. The van der Waals surface area contributed by atoms with E-state index in [1.165, 1.54) is 18.3 Å². The highest BCUT2D eigenvalue weighted by Gasteiger charge is 2.09. The van der Waals surface area contributed by atoms with Crippen molar-refractivity contribution in [2.24, 2.45) is 0 Å². The summed E-state index contributed by atoms with van der Waals surface area (Å²) in [6, 6.07) is 2.81. The van der Waals surface area contributed by atoms with Crippen molar-refractivity contribution in [3.8, 4) is 0 Å². The van der Waals surface area contributed by atoms with Gasteiger partial charge in [0.15, 0.2) is 5.65 Å². The second-order valence-electron chi connectivity index (χ2n) is 3.18. The average molecular weight is 223 g/mol. The largest absolute Gasteiger partial charge is 0.478 e. The van der Waals surface area contributed by atoms with Crippen molar-refractivity contribution in [3.05, 3.63) is 34.4 Å². The minimum absolute atomic E-state index is 0.0122. The summed E-state index contributed by atoms with van der Waals surface area (Å²) in [5, 5.41) is 21.4. The van der Waals surface area contributed by atoms with Gasteiger partial charge in [0.1, 0.15) is 0 Å². The molecule has 0 fully saturated rings. The summed E-state index contributed by atoms with van der Waals surface area (Å²) in [4.78, 5) is 22.4. The first-order chi connectivity index (χ1) is 7.63. The summed E-state index contributed by atoms with van der Waals surface area (Å²) in [5.74, 6) is -1.11. The molecule has 0 aliphatic heterocycles. The monoisotopic (exact) mass is 223 g/mol. The van der Waals surface area contributed by atoms with E-state index >= 15 is 0 Å². The van der Waals surface area contributed by atoms with Gasteiger partial charge in [-0.05, 0) is 12.1 Å². The number of rotatable bonds is 3. The van der Waals surface area contributed by atoms with Gasteiger partial charge in [-0.1, -0.05) is 0 Å². The topological polar surface area (TPSA) is 96.8 Å². The number of aliphatic hydroxyl groups is 1. The van der Waals surface area contributed by atoms with E-state index in [0.717, 1.165) is 9.08 Å². The van der Waals surface area contributed by atoms with Crippen molar-refractivity contribution >= 4 is 11.6 Å². The quantitative estimate of drug-likeness (QED) is 0.709. The first-order valence-electron chi connectivity index (χ1n) is 4.57. The van der Waals surface area contributed by atoms with Crippen LogP contribution in [-0.4, -0.2) is 37.0 Å². The number of aromatic carboxylic acids is 1. The number of carboxylic acids is 1. The highest BCUT2D eigenvalue weighted by Crippen LogP contribution is 2.02. The van der Waals surface area contributed by atoms with Crippen molar-refractivity contribution in [2.45, 2.75) is 6.54 Å². The van der Waals surface area contributed by atoms with Crippen LogP contribution in [0.4, 0.5) is 0 Å². The van der Waals surface area contributed by atoms with Gasteiger partial charge in [0.25, 0.3) is 0 Å². The Morgan fingerprint density at radius 1 is 1.44 bits per heavy atom. The molecule has 0 aliphatic carbocycles. The van der Waals surface area contributed by atoms with Gasteiger partial charge in [-0.15, -0.1) is 5.10 Å². The summed E-state index contributed by atoms with van der Waals surface area (Å²) in [6.45, 7) is -0.113. The molecular formula is C9H9N3O4. The molecule has 0 bridgehead atoms. The molecule has 0 spiro atoms. The summed E-state index contributed by atoms with van der Waals surface area (Å²) >= 11 is 0. The summed E-state index contributed by atoms with van der Waals surface area (Å²) in [7, 11) is 0. The third-order valence-corrected chi connectivity index (χ3v) is 2.14. The second kappa shape index (κ2) is 3.78. The maximum absolute atomic E-state index is 11.7. The van der Waals surface area contributed by atoms with Gasteiger partial charge < -0.3 is 10.2 Å². The zero-order chi connectivity index (χ0) is 11.7. The zero-order valence-corrected chi connectivity index (χ0v) is 8.20. The Balaban J connectivity index is 2.64. The van der Waals surface area contributed by atoms with E-state index in [4.69, 9.17) is 10.2 Å². The lowest BCUT2D eigenvalue weighted by atomic mass is 10.3. The first-order valence-corrected chi connectivity index (χ1v) is 4.57. The molecule has 0 radical (unpaired) electrons. The number of aromatic nitrogens is 3. The minimum atomic E-state index is -1.11. The van der Waals surface area contributed by atoms with Gasteiger partial charge in [0.2, 0.25) is 0 Å². The Morgan fingerprint density at radius 3 is 2.81 bits per heavy atom. The molecule has 2 N–H and O–H groups in total. The van der Waals surface area contributed by atoms with Crippen LogP contribution in [0.25, 0.3) is 5.65 Å². The summed E-state index contributed by atoms with van der Waals surface area (Å²) in [5.41, 5.74) is -0.103. The van der Waals surface area contributed by atoms with Crippen molar-refractivity contribution in [1.29, 1.82) is 0 Å². The van der Waals surface area contributed by atoms with Crippen LogP contribution in [-0.2, 0) is 6.54 Å². The maximum Gasteiger partial charge on any atom is 0.350 e. The third kappa shape index (κ3) is 1.57. The second-order valence-corrected chi connectivity index (χ2v) is 3.18. The molecule has 0 unspecified atom stereocenters. The molecule has 2 aromatic rings. The fourth-order valence-electron chi connectivity index (χ4n) is 1.39. The number of carboxylic acid groups (broad SMARTS) is 1. The lowest BCUT2D eigenvalue weighted by Gasteiger charge is -1.93. The maximum atomic E-state index is 11.7. The predicted molar refractivity (Wildman–Crippen MR) is 53.5 cm³/mol. The summed E-state index contributed by atoms with van der Waals surface area (Å²) in [6.07, 6.45) is 1.21. The fraction of sp³-hybridized carbons (Fsp3) is 0.222. The van der Waals surface area contributed by atoms with Gasteiger partial charge in [-0.25, -0.2) is 18.7 Å².